The molecule has 1 aromatic heterocycles. The van der Waals surface area contributed by atoms with Crippen LogP contribution in [0, 0.1) is 11.8 Å². The van der Waals surface area contributed by atoms with Gasteiger partial charge in [-0.15, -0.1) is 0 Å². The molecule has 222 valence electrons. The van der Waals surface area contributed by atoms with Crippen molar-refractivity contribution in [3.05, 3.63) is 69.4 Å². The average molecular weight is 579 g/mol. The van der Waals surface area contributed by atoms with Gasteiger partial charge in [0.1, 0.15) is 22.8 Å². The molecule has 0 spiro atoms. The number of nitrogens with zero attached hydrogens (tertiary/aromatic N) is 3. The van der Waals surface area contributed by atoms with E-state index in [4.69, 9.17) is 5.73 Å². The number of likely N-dealkylation sites (N-methyl/N-ethyl adjacent to an activating group) is 1. The number of rotatable bonds is 6. The summed E-state index contributed by atoms with van der Waals surface area (Å²) in [5.41, 5.74) is 3.64. The SMILES string of the molecule is CC(=O)c1ccn(Cc2cc(N(C)C)c3c(c2O)C(=O)C2=C(O)C4(O)C(=O)C(C(N)=O)=C(O)C(N(C)C)C4CC2C3)c1. The summed E-state index contributed by atoms with van der Waals surface area (Å²) in [5, 5.41) is 45.6. The lowest BCUT2D eigenvalue weighted by Crippen LogP contribution is -2.63. The predicted octanol–water partition coefficient (Wildman–Crippen LogP) is 1.24. The van der Waals surface area contributed by atoms with Crippen molar-refractivity contribution in [3.63, 3.8) is 0 Å². The Kier molecular flexibility index (Phi) is 6.82. The number of carbonyl (C=O) groups excluding carboxylic acids is 4. The summed E-state index contributed by atoms with van der Waals surface area (Å²) < 4.78 is 1.70. The maximum absolute atomic E-state index is 14.1. The third-order valence-electron chi connectivity index (χ3n) is 8.77. The first-order valence-electron chi connectivity index (χ1n) is 13.5. The van der Waals surface area contributed by atoms with Gasteiger partial charge < -0.3 is 35.6 Å². The van der Waals surface area contributed by atoms with E-state index in [2.05, 4.69) is 0 Å². The van der Waals surface area contributed by atoms with Crippen molar-refractivity contribution in [2.75, 3.05) is 33.1 Å². The van der Waals surface area contributed by atoms with E-state index >= 15 is 0 Å². The Morgan fingerprint density at radius 2 is 1.81 bits per heavy atom. The number of hydrogen-bond donors (Lipinski definition) is 5. The molecule has 0 fully saturated rings. The first-order valence-corrected chi connectivity index (χ1v) is 13.5. The Bertz CT molecular complexity index is 1630. The van der Waals surface area contributed by atoms with Crippen LogP contribution in [0.25, 0.3) is 0 Å². The lowest BCUT2D eigenvalue weighted by molar-refractivity contribution is -0.148. The van der Waals surface area contributed by atoms with E-state index in [0.717, 1.165) is 0 Å². The molecule has 0 aliphatic heterocycles. The number of phenolic OH excluding ortho intramolecular Hbond substituents is 1. The highest BCUT2D eigenvalue weighted by Crippen LogP contribution is 2.53. The number of amides is 1. The summed E-state index contributed by atoms with van der Waals surface area (Å²) in [6.07, 6.45) is 3.52. The number of aromatic nitrogens is 1. The third-order valence-corrected chi connectivity index (χ3v) is 8.77. The van der Waals surface area contributed by atoms with Crippen molar-refractivity contribution in [2.24, 2.45) is 17.6 Å². The monoisotopic (exact) mass is 578 g/mol. The van der Waals surface area contributed by atoms with E-state index < -0.39 is 58.0 Å². The van der Waals surface area contributed by atoms with E-state index in [0.29, 0.717) is 22.4 Å². The Hall–Kier alpha value is -4.42. The highest BCUT2D eigenvalue weighted by molar-refractivity contribution is 6.25. The molecule has 4 atom stereocenters. The minimum atomic E-state index is -2.70. The molecule has 1 amide bonds. The number of aromatic hydroxyl groups is 1. The lowest BCUT2D eigenvalue weighted by atomic mass is 9.58. The molecule has 0 saturated heterocycles. The van der Waals surface area contributed by atoms with Crippen LogP contribution in [0.1, 0.15) is 45.2 Å². The fraction of sp³-hybridized carbons (Fsp3) is 0.400. The van der Waals surface area contributed by atoms with Crippen molar-refractivity contribution in [2.45, 2.75) is 38.0 Å². The van der Waals surface area contributed by atoms with Gasteiger partial charge in [-0.05, 0) is 57.5 Å². The predicted molar refractivity (Wildman–Crippen MR) is 152 cm³/mol. The summed E-state index contributed by atoms with van der Waals surface area (Å²) in [6.45, 7) is 1.58. The van der Waals surface area contributed by atoms with Gasteiger partial charge in [0.05, 0.1) is 18.2 Å². The number of allylic oxidation sites excluding steroid dienone is 1. The topological polar surface area (TPSA) is 187 Å². The average Bonchev–Trinajstić information content (AvgIpc) is 3.36. The second kappa shape index (κ2) is 9.85. The number of ketones is 3. The quantitative estimate of drug-likeness (QED) is 0.247. The molecule has 0 bridgehead atoms. The van der Waals surface area contributed by atoms with Gasteiger partial charge in [0.2, 0.25) is 5.78 Å². The van der Waals surface area contributed by atoms with E-state index in [1.54, 1.807) is 62.2 Å². The molecule has 3 aliphatic rings. The van der Waals surface area contributed by atoms with Gasteiger partial charge in [0.25, 0.3) is 5.91 Å². The fourth-order valence-electron chi connectivity index (χ4n) is 6.82. The molecule has 5 rings (SSSR count). The number of carbonyl (C=O) groups is 4. The first-order chi connectivity index (χ1) is 19.6. The zero-order chi connectivity index (χ0) is 31.0. The molecule has 4 unspecified atom stereocenters. The summed E-state index contributed by atoms with van der Waals surface area (Å²) in [4.78, 5) is 54.9. The van der Waals surface area contributed by atoms with Crippen molar-refractivity contribution < 1.29 is 39.6 Å². The summed E-state index contributed by atoms with van der Waals surface area (Å²) in [7, 11) is 6.76. The molecule has 42 heavy (non-hydrogen) atoms. The molecular weight excluding hydrogens is 544 g/mol. The molecule has 2 aromatic rings. The zero-order valence-corrected chi connectivity index (χ0v) is 24.0. The standard InChI is InChI=1S/C30H34N4O8/c1-13(35)14-6-7-34(11-14)12-16-10-19(32(2)3)17-8-15-9-18-23(33(4)5)26(38)22(29(31)41)28(40)30(18,42)27(39)20(15)25(37)21(17)24(16)36/h6-7,10-11,15,18,23,36,38-39,42H,8-9,12H2,1-5H3,(H2,31,41). The molecule has 1 aromatic carbocycles. The molecule has 12 nitrogen and oxygen atoms in total. The second-order valence-corrected chi connectivity index (χ2v) is 11.7. The number of benzene rings is 1. The Morgan fingerprint density at radius 3 is 2.36 bits per heavy atom. The summed E-state index contributed by atoms with van der Waals surface area (Å²) in [5.74, 6) is -7.01. The number of hydrogen-bond acceptors (Lipinski definition) is 10. The molecule has 6 N–H and O–H groups in total. The molecule has 12 heteroatoms. The highest BCUT2D eigenvalue weighted by atomic mass is 16.3. The number of aliphatic hydroxyl groups excluding tert-OH is 2. The van der Waals surface area contributed by atoms with Crippen molar-refractivity contribution in [3.8, 4) is 5.75 Å². The number of phenols is 1. The number of primary amides is 1. The molecular formula is C30H34N4O8. The van der Waals surface area contributed by atoms with Crippen LogP contribution in [0.5, 0.6) is 5.75 Å². The lowest BCUT2D eigenvalue weighted by Gasteiger charge is -2.50. The number of anilines is 1. The molecule has 1 heterocycles. The van der Waals surface area contributed by atoms with Crippen LogP contribution in [0.3, 0.4) is 0 Å². The van der Waals surface area contributed by atoms with Gasteiger partial charge in [-0.2, -0.15) is 0 Å². The minimum absolute atomic E-state index is 0.0122. The van der Waals surface area contributed by atoms with Crippen molar-refractivity contribution in [1.82, 2.24) is 9.47 Å². The molecule has 3 aliphatic carbocycles. The Labute approximate surface area is 241 Å². The van der Waals surface area contributed by atoms with Crippen LogP contribution in [0.15, 0.2) is 47.2 Å². The maximum atomic E-state index is 14.1. The molecule has 0 saturated carbocycles. The fourth-order valence-corrected chi connectivity index (χ4v) is 6.82. The normalized spacial score (nSPS) is 25.4. The van der Waals surface area contributed by atoms with Crippen molar-refractivity contribution in [1.29, 1.82) is 0 Å². The van der Waals surface area contributed by atoms with E-state index in [-0.39, 0.29) is 42.1 Å². The van der Waals surface area contributed by atoms with Crippen LogP contribution in [0.2, 0.25) is 0 Å². The number of aliphatic hydroxyl groups is 3. The zero-order valence-electron chi connectivity index (χ0n) is 24.0. The third kappa shape index (κ3) is 4.04. The minimum Gasteiger partial charge on any atom is -0.510 e. The van der Waals surface area contributed by atoms with Gasteiger partial charge in [-0.1, -0.05) is 0 Å². The number of nitrogens with two attached hydrogens (primary N) is 1. The maximum Gasteiger partial charge on any atom is 0.255 e. The Morgan fingerprint density at radius 1 is 1.14 bits per heavy atom. The van der Waals surface area contributed by atoms with E-state index in [1.807, 2.05) is 0 Å². The molecule has 0 radical (unpaired) electrons. The van der Waals surface area contributed by atoms with Gasteiger partial charge in [0, 0.05) is 54.8 Å². The van der Waals surface area contributed by atoms with Gasteiger partial charge in [-0.25, -0.2) is 0 Å². The van der Waals surface area contributed by atoms with Crippen LogP contribution < -0.4 is 10.6 Å². The van der Waals surface area contributed by atoms with Crippen molar-refractivity contribution >= 4 is 28.9 Å². The van der Waals surface area contributed by atoms with Gasteiger partial charge in [0.15, 0.2) is 17.2 Å². The van der Waals surface area contributed by atoms with Gasteiger partial charge >= 0.3 is 0 Å². The summed E-state index contributed by atoms with van der Waals surface area (Å²) >= 11 is 0. The Balaban J connectivity index is 1.69. The van der Waals surface area contributed by atoms with Crippen LogP contribution in [0.4, 0.5) is 5.69 Å². The second-order valence-electron chi connectivity index (χ2n) is 11.7. The first kappa shape index (κ1) is 29.1. The van der Waals surface area contributed by atoms with Crippen LogP contribution in [-0.4, -0.2) is 93.0 Å². The summed E-state index contributed by atoms with van der Waals surface area (Å²) in [6, 6.07) is 2.36. The number of Topliss-reactive ketones (excluding diaryl/α,β-unsaturated/α-hetero) is 3. The van der Waals surface area contributed by atoms with E-state index in [9.17, 15) is 39.6 Å². The smallest absolute Gasteiger partial charge is 0.255 e. The highest BCUT2D eigenvalue weighted by Gasteiger charge is 2.63. The largest absolute Gasteiger partial charge is 0.510 e. The number of fused-ring (bicyclic) bond motifs is 3. The van der Waals surface area contributed by atoms with Crippen LogP contribution in [-0.2, 0) is 22.6 Å². The van der Waals surface area contributed by atoms with Crippen LogP contribution >= 0.6 is 0 Å². The van der Waals surface area contributed by atoms with E-state index in [1.165, 1.54) is 11.8 Å². The van der Waals surface area contributed by atoms with Gasteiger partial charge in [-0.3, -0.25) is 24.1 Å².